The molecule has 2 rings (SSSR count). The van der Waals surface area contributed by atoms with Crippen molar-refractivity contribution in [3.05, 3.63) is 54.5 Å². The first-order valence-corrected chi connectivity index (χ1v) is 7.04. The minimum atomic E-state index is -0.596. The van der Waals surface area contributed by atoms with Crippen LogP contribution in [0.4, 0.5) is 10.6 Å². The highest BCUT2D eigenvalue weighted by molar-refractivity contribution is 5.86. The Kier molecular flexibility index (Phi) is 6.46. The lowest BCUT2D eigenvalue weighted by atomic mass is 10.2. The maximum absolute atomic E-state index is 12.4. The molecule has 0 bridgehead atoms. The molecule has 0 saturated heterocycles. The molecule has 0 unspecified atom stereocenters. The van der Waals surface area contributed by atoms with Gasteiger partial charge in [-0.25, -0.2) is 9.78 Å². The van der Waals surface area contributed by atoms with Gasteiger partial charge < -0.3 is 14.2 Å². The van der Waals surface area contributed by atoms with Gasteiger partial charge in [0, 0.05) is 26.6 Å². The van der Waals surface area contributed by atoms with Gasteiger partial charge in [0.05, 0.1) is 12.7 Å². The van der Waals surface area contributed by atoms with Gasteiger partial charge in [-0.05, 0) is 5.56 Å². The Bertz CT molecular complexity index is 591. The van der Waals surface area contributed by atoms with Gasteiger partial charge in [0.1, 0.15) is 6.61 Å². The number of methoxy groups -OCH3 is 2. The average molecular weight is 317 g/mol. The van der Waals surface area contributed by atoms with Gasteiger partial charge in [-0.15, -0.1) is 0 Å². The summed E-state index contributed by atoms with van der Waals surface area (Å²) in [6.07, 6.45) is 3.36. The zero-order chi connectivity index (χ0) is 16.5. The highest BCUT2D eigenvalue weighted by Gasteiger charge is 2.23. The summed E-state index contributed by atoms with van der Waals surface area (Å²) >= 11 is 0. The molecule has 7 nitrogen and oxygen atoms in total. The number of carbonyl (C=O) groups is 1. The van der Waals surface area contributed by atoms with Crippen LogP contribution in [0.3, 0.4) is 0 Å². The summed E-state index contributed by atoms with van der Waals surface area (Å²) in [4.78, 5) is 21.8. The van der Waals surface area contributed by atoms with Crippen LogP contribution < -0.4 is 4.90 Å². The molecule has 0 atom stereocenters. The summed E-state index contributed by atoms with van der Waals surface area (Å²) in [5, 5.41) is 0. The number of hydrogen-bond donors (Lipinski definition) is 0. The van der Waals surface area contributed by atoms with E-state index < -0.39 is 12.4 Å². The van der Waals surface area contributed by atoms with Crippen LogP contribution in [0.15, 0.2) is 48.9 Å². The first kappa shape index (κ1) is 16.9. The fourth-order valence-electron chi connectivity index (χ4n) is 1.88. The minimum absolute atomic E-state index is 0.138. The van der Waals surface area contributed by atoms with E-state index in [1.165, 1.54) is 37.7 Å². The van der Waals surface area contributed by atoms with Crippen LogP contribution in [-0.4, -0.2) is 43.1 Å². The molecular weight excluding hydrogens is 298 g/mol. The predicted octanol–water partition coefficient (Wildman–Crippen LogP) is 2.24. The molecule has 122 valence electrons. The minimum Gasteiger partial charge on any atom is -0.444 e. The van der Waals surface area contributed by atoms with Crippen LogP contribution in [0.2, 0.25) is 0 Å². The summed E-state index contributed by atoms with van der Waals surface area (Å²) in [7, 11) is 3.00. The second-order valence-electron chi connectivity index (χ2n) is 4.62. The molecule has 0 N–H and O–H groups in total. The molecule has 0 aliphatic rings. The molecule has 0 radical (unpaired) electrons. The van der Waals surface area contributed by atoms with Crippen molar-refractivity contribution in [1.29, 1.82) is 0 Å². The van der Waals surface area contributed by atoms with Crippen molar-refractivity contribution in [3.8, 4) is 0 Å². The quantitative estimate of drug-likeness (QED) is 0.729. The second kappa shape index (κ2) is 8.82. The van der Waals surface area contributed by atoms with Crippen LogP contribution in [0.5, 0.6) is 0 Å². The Morgan fingerprint density at radius 3 is 2.52 bits per heavy atom. The van der Waals surface area contributed by atoms with E-state index in [1.807, 2.05) is 30.3 Å². The van der Waals surface area contributed by atoms with E-state index in [-0.39, 0.29) is 13.2 Å². The Morgan fingerprint density at radius 1 is 1.17 bits per heavy atom. The van der Waals surface area contributed by atoms with Crippen molar-refractivity contribution in [1.82, 2.24) is 9.97 Å². The van der Waals surface area contributed by atoms with Gasteiger partial charge in [-0.1, -0.05) is 30.3 Å². The number of aromatic nitrogens is 2. The van der Waals surface area contributed by atoms with Crippen LogP contribution in [0, 0.1) is 0 Å². The van der Waals surface area contributed by atoms with Gasteiger partial charge in [-0.2, -0.15) is 0 Å². The fraction of sp³-hybridized carbons (Fsp3) is 0.312. The number of amides is 1. The van der Waals surface area contributed by atoms with Crippen molar-refractivity contribution >= 4 is 11.9 Å². The lowest BCUT2D eigenvalue weighted by molar-refractivity contribution is -0.0946. The molecule has 1 aromatic carbocycles. The largest absolute Gasteiger partial charge is 0.444 e. The Balaban J connectivity index is 2.07. The van der Waals surface area contributed by atoms with Crippen molar-refractivity contribution in [2.24, 2.45) is 0 Å². The van der Waals surface area contributed by atoms with Crippen LogP contribution >= 0.6 is 0 Å². The highest BCUT2D eigenvalue weighted by atomic mass is 16.7. The first-order valence-electron chi connectivity index (χ1n) is 7.04. The van der Waals surface area contributed by atoms with Gasteiger partial charge >= 0.3 is 6.09 Å². The summed E-state index contributed by atoms with van der Waals surface area (Å²) < 4.78 is 15.6. The molecule has 0 spiro atoms. The second-order valence-corrected chi connectivity index (χ2v) is 4.62. The summed E-state index contributed by atoms with van der Waals surface area (Å²) in [5.41, 5.74) is 0.898. The normalized spacial score (nSPS) is 10.6. The number of carbonyl (C=O) groups excluding carboxylic acids is 1. The molecular formula is C16H19N3O4. The number of nitrogens with zero attached hydrogens (tertiary/aromatic N) is 3. The summed E-state index contributed by atoms with van der Waals surface area (Å²) in [6.45, 7) is 0.306. The van der Waals surface area contributed by atoms with Crippen LogP contribution in [-0.2, 0) is 20.8 Å². The number of rotatable bonds is 7. The topological polar surface area (TPSA) is 73.8 Å². The van der Waals surface area contributed by atoms with E-state index in [1.54, 1.807) is 0 Å². The maximum Gasteiger partial charge on any atom is 0.416 e. The third-order valence-corrected chi connectivity index (χ3v) is 3.11. The van der Waals surface area contributed by atoms with E-state index in [0.717, 1.165) is 5.56 Å². The molecule has 1 heterocycles. The molecule has 23 heavy (non-hydrogen) atoms. The number of ether oxygens (including phenoxy) is 3. The van der Waals surface area contributed by atoms with Crippen molar-refractivity contribution < 1.29 is 19.0 Å². The summed E-state index contributed by atoms with van der Waals surface area (Å²) in [6, 6.07) is 9.43. The fourth-order valence-corrected chi connectivity index (χ4v) is 1.88. The lowest BCUT2D eigenvalue weighted by Gasteiger charge is -2.24. The van der Waals surface area contributed by atoms with Gasteiger partial charge in [0.15, 0.2) is 12.1 Å². The first-order chi connectivity index (χ1) is 11.2. The van der Waals surface area contributed by atoms with E-state index >= 15 is 0 Å². The number of anilines is 1. The number of hydrogen-bond acceptors (Lipinski definition) is 6. The predicted molar refractivity (Wildman–Crippen MR) is 83.8 cm³/mol. The molecule has 0 fully saturated rings. The van der Waals surface area contributed by atoms with Crippen molar-refractivity contribution in [3.63, 3.8) is 0 Å². The van der Waals surface area contributed by atoms with E-state index in [4.69, 9.17) is 14.2 Å². The summed E-state index contributed by atoms with van der Waals surface area (Å²) in [5.74, 6) is 0.365. The third kappa shape index (κ3) is 5.01. The van der Waals surface area contributed by atoms with Crippen molar-refractivity contribution in [2.45, 2.75) is 12.9 Å². The Morgan fingerprint density at radius 2 is 1.91 bits per heavy atom. The van der Waals surface area contributed by atoms with Gasteiger partial charge in [0.25, 0.3) is 0 Å². The lowest BCUT2D eigenvalue weighted by Crippen LogP contribution is -2.40. The number of benzene rings is 1. The molecule has 0 aliphatic heterocycles. The third-order valence-electron chi connectivity index (χ3n) is 3.11. The van der Waals surface area contributed by atoms with Gasteiger partial charge in [0.2, 0.25) is 0 Å². The molecule has 0 saturated carbocycles. The van der Waals surface area contributed by atoms with Crippen LogP contribution in [0.1, 0.15) is 5.56 Å². The Hall–Kier alpha value is -2.51. The van der Waals surface area contributed by atoms with Gasteiger partial charge in [-0.3, -0.25) is 9.88 Å². The molecule has 0 aliphatic carbocycles. The zero-order valence-corrected chi connectivity index (χ0v) is 13.1. The highest BCUT2D eigenvalue weighted by Crippen LogP contribution is 2.13. The SMILES string of the molecule is COC(CN(C(=O)OCc1ccccc1)c1cnccn1)OC. The average Bonchev–Trinajstić information content (AvgIpc) is 2.62. The molecule has 2 aromatic rings. The maximum atomic E-state index is 12.4. The smallest absolute Gasteiger partial charge is 0.416 e. The van der Waals surface area contributed by atoms with E-state index in [9.17, 15) is 4.79 Å². The monoisotopic (exact) mass is 317 g/mol. The zero-order valence-electron chi connectivity index (χ0n) is 13.1. The molecule has 1 aromatic heterocycles. The Labute approximate surface area is 134 Å². The standard InChI is InChI=1S/C16H19N3O4/c1-21-15(22-2)11-19(14-10-17-8-9-18-14)16(20)23-12-13-6-4-3-5-7-13/h3-10,15H,11-12H2,1-2H3. The van der Waals surface area contributed by atoms with E-state index in [0.29, 0.717) is 5.82 Å². The van der Waals surface area contributed by atoms with Crippen LogP contribution in [0.25, 0.3) is 0 Å². The molecule has 1 amide bonds. The molecule has 7 heteroatoms. The van der Waals surface area contributed by atoms with Crippen molar-refractivity contribution in [2.75, 3.05) is 25.7 Å². The van der Waals surface area contributed by atoms with E-state index in [2.05, 4.69) is 9.97 Å².